The van der Waals surface area contributed by atoms with Gasteiger partial charge in [0.2, 0.25) is 0 Å². The van der Waals surface area contributed by atoms with E-state index in [0.717, 1.165) is 27.8 Å². The molecule has 0 saturated heterocycles. The van der Waals surface area contributed by atoms with Crippen molar-refractivity contribution in [2.45, 2.75) is 25.3 Å². The van der Waals surface area contributed by atoms with Crippen molar-refractivity contribution < 1.29 is 19.1 Å². The van der Waals surface area contributed by atoms with Crippen molar-refractivity contribution in [3.8, 4) is 16.9 Å². The van der Waals surface area contributed by atoms with Crippen LogP contribution in [0.2, 0.25) is 10.0 Å². The normalized spacial score (nSPS) is 15.9. The standard InChI is InChI=1S/C31H23Cl2NO4/c1-18-25(32)16-26-29(28(18)33)38-30(35)27(15-19-9-3-2-4-10-19)34(26)31(36)37-17-24-22-13-7-5-11-20(22)21-12-6-8-14-23(21)24/h2-14,16,24,27H,15,17H2,1H3/t27-/m1/s1. The van der Waals surface area contributed by atoms with Crippen molar-refractivity contribution >= 4 is 41.0 Å². The zero-order valence-electron chi connectivity index (χ0n) is 20.5. The van der Waals surface area contributed by atoms with Gasteiger partial charge in [-0.05, 0) is 46.4 Å². The maximum Gasteiger partial charge on any atom is 0.415 e. The van der Waals surface area contributed by atoms with E-state index in [0.29, 0.717) is 16.3 Å². The number of esters is 1. The van der Waals surface area contributed by atoms with Crippen LogP contribution in [0.1, 0.15) is 28.2 Å². The van der Waals surface area contributed by atoms with Gasteiger partial charge in [0.1, 0.15) is 12.6 Å². The summed E-state index contributed by atoms with van der Waals surface area (Å²) in [5.41, 5.74) is 6.21. The fourth-order valence-corrected chi connectivity index (χ4v) is 5.78. The van der Waals surface area contributed by atoms with E-state index < -0.39 is 18.1 Å². The highest BCUT2D eigenvalue weighted by Crippen LogP contribution is 2.47. The highest BCUT2D eigenvalue weighted by Gasteiger charge is 2.42. The van der Waals surface area contributed by atoms with Crippen LogP contribution in [0.25, 0.3) is 11.1 Å². The summed E-state index contributed by atoms with van der Waals surface area (Å²) in [6, 6.07) is 26.3. The molecular weight excluding hydrogens is 521 g/mol. The van der Waals surface area contributed by atoms with Crippen LogP contribution in [0.5, 0.6) is 5.75 Å². The molecule has 0 radical (unpaired) electrons. The maximum absolute atomic E-state index is 13.8. The number of ether oxygens (including phenoxy) is 2. The summed E-state index contributed by atoms with van der Waals surface area (Å²) in [6.07, 6.45) is -0.423. The van der Waals surface area contributed by atoms with Gasteiger partial charge in [0.05, 0.1) is 10.7 Å². The first-order chi connectivity index (χ1) is 18.4. The molecule has 0 aromatic heterocycles. The second kappa shape index (κ2) is 9.82. The Morgan fingerprint density at radius 2 is 1.53 bits per heavy atom. The number of rotatable bonds is 4. The van der Waals surface area contributed by atoms with E-state index in [1.165, 1.54) is 4.90 Å². The van der Waals surface area contributed by atoms with Crippen molar-refractivity contribution in [1.29, 1.82) is 0 Å². The number of hydrogen-bond acceptors (Lipinski definition) is 4. The van der Waals surface area contributed by atoms with E-state index in [1.54, 1.807) is 13.0 Å². The zero-order chi connectivity index (χ0) is 26.4. The quantitative estimate of drug-likeness (QED) is 0.196. The van der Waals surface area contributed by atoms with Crippen molar-refractivity contribution in [3.05, 3.63) is 117 Å². The van der Waals surface area contributed by atoms with E-state index >= 15 is 0 Å². The van der Waals surface area contributed by atoms with Crippen LogP contribution in [0, 0.1) is 6.92 Å². The van der Waals surface area contributed by atoms with Crippen molar-refractivity contribution in [1.82, 2.24) is 0 Å². The van der Waals surface area contributed by atoms with E-state index in [2.05, 4.69) is 24.3 Å². The molecule has 1 heterocycles. The van der Waals surface area contributed by atoms with Crippen LogP contribution >= 0.6 is 23.2 Å². The van der Waals surface area contributed by atoms with Gasteiger partial charge in [-0.1, -0.05) is 102 Å². The molecule has 190 valence electrons. The number of halogens is 2. The first kappa shape index (κ1) is 24.5. The first-order valence-electron chi connectivity index (χ1n) is 12.3. The predicted octanol–water partition coefficient (Wildman–Crippen LogP) is 7.59. The van der Waals surface area contributed by atoms with Gasteiger partial charge in [0.15, 0.2) is 5.75 Å². The molecular formula is C31H23Cl2NO4. The van der Waals surface area contributed by atoms with E-state index in [9.17, 15) is 9.59 Å². The van der Waals surface area contributed by atoms with Crippen LogP contribution < -0.4 is 9.64 Å². The molecule has 0 bridgehead atoms. The van der Waals surface area contributed by atoms with Gasteiger partial charge < -0.3 is 9.47 Å². The van der Waals surface area contributed by atoms with Crippen LogP contribution in [0.15, 0.2) is 84.9 Å². The molecule has 1 aliphatic heterocycles. The van der Waals surface area contributed by atoms with Gasteiger partial charge in [0, 0.05) is 17.4 Å². The summed E-state index contributed by atoms with van der Waals surface area (Å²) in [5.74, 6) is -0.602. The summed E-state index contributed by atoms with van der Waals surface area (Å²) in [6.45, 7) is 1.84. The highest BCUT2D eigenvalue weighted by molar-refractivity contribution is 6.38. The summed E-state index contributed by atoms with van der Waals surface area (Å²) < 4.78 is 11.6. The molecule has 38 heavy (non-hydrogen) atoms. The predicted molar refractivity (Wildman–Crippen MR) is 148 cm³/mol. The Morgan fingerprint density at radius 1 is 0.921 bits per heavy atom. The van der Waals surface area contributed by atoms with Crippen molar-refractivity contribution in [3.63, 3.8) is 0 Å². The molecule has 0 spiro atoms. The second-order valence-corrected chi connectivity index (χ2v) is 10.2. The molecule has 6 rings (SSSR count). The van der Waals surface area contributed by atoms with Gasteiger partial charge in [-0.3, -0.25) is 4.90 Å². The minimum absolute atomic E-state index is 0.108. The van der Waals surface area contributed by atoms with Crippen molar-refractivity contribution in [2.24, 2.45) is 0 Å². The fourth-order valence-electron chi connectivity index (χ4n) is 5.30. The molecule has 0 saturated carbocycles. The average Bonchev–Trinajstić information content (AvgIpc) is 3.26. The molecule has 5 nitrogen and oxygen atoms in total. The largest absolute Gasteiger partial charge is 0.448 e. The molecule has 0 N–H and O–H groups in total. The zero-order valence-corrected chi connectivity index (χ0v) is 22.0. The molecule has 1 atom stereocenters. The molecule has 1 amide bonds. The minimum atomic E-state index is -0.949. The second-order valence-electron chi connectivity index (χ2n) is 9.45. The maximum atomic E-state index is 13.8. The topological polar surface area (TPSA) is 55.8 Å². The molecule has 1 aliphatic carbocycles. The van der Waals surface area contributed by atoms with Crippen molar-refractivity contribution in [2.75, 3.05) is 11.5 Å². The SMILES string of the molecule is Cc1c(Cl)cc2c(c1Cl)OC(=O)[C@@H](Cc1ccccc1)N2C(=O)OCC1c2ccccc2-c2ccccc21. The number of carbonyl (C=O) groups is 2. The van der Waals surface area contributed by atoms with Gasteiger partial charge >= 0.3 is 12.1 Å². The lowest BCUT2D eigenvalue weighted by molar-refractivity contribution is -0.136. The van der Waals surface area contributed by atoms with Gasteiger partial charge in [-0.2, -0.15) is 0 Å². The average molecular weight is 544 g/mol. The third-order valence-electron chi connectivity index (χ3n) is 7.23. The number of carbonyl (C=O) groups excluding carboxylic acids is 2. The third kappa shape index (κ3) is 4.12. The summed E-state index contributed by atoms with van der Waals surface area (Å²) in [7, 11) is 0. The highest BCUT2D eigenvalue weighted by atomic mass is 35.5. The Morgan fingerprint density at radius 3 is 2.18 bits per heavy atom. The van der Waals surface area contributed by atoms with Gasteiger partial charge in [-0.25, -0.2) is 9.59 Å². The molecule has 7 heteroatoms. The van der Waals surface area contributed by atoms with Crippen LogP contribution in [-0.2, 0) is 16.0 Å². The number of fused-ring (bicyclic) bond motifs is 4. The number of anilines is 1. The Balaban J connectivity index is 1.36. The summed E-state index contributed by atoms with van der Waals surface area (Å²) in [5, 5.41) is 0.553. The fraction of sp³-hybridized carbons (Fsp3) is 0.161. The minimum Gasteiger partial charge on any atom is -0.448 e. The summed E-state index contributed by atoms with van der Waals surface area (Å²) in [4.78, 5) is 28.4. The summed E-state index contributed by atoms with van der Waals surface area (Å²) >= 11 is 13.0. The Bertz CT molecular complexity index is 1520. The number of hydrogen-bond donors (Lipinski definition) is 0. The Labute approximate surface area is 230 Å². The Kier molecular flexibility index (Phi) is 6.34. The smallest absolute Gasteiger partial charge is 0.415 e. The van der Waals surface area contributed by atoms with Crippen LogP contribution in [-0.4, -0.2) is 24.7 Å². The number of benzene rings is 4. The van der Waals surface area contributed by atoms with Crippen LogP contribution in [0.4, 0.5) is 10.5 Å². The molecule has 4 aromatic rings. The Hall–Kier alpha value is -3.80. The lowest BCUT2D eigenvalue weighted by Gasteiger charge is -2.35. The number of nitrogens with zero attached hydrogens (tertiary/aromatic N) is 1. The third-order valence-corrected chi connectivity index (χ3v) is 8.08. The van der Waals surface area contributed by atoms with Gasteiger partial charge in [-0.15, -0.1) is 0 Å². The first-order valence-corrected chi connectivity index (χ1v) is 13.1. The van der Waals surface area contributed by atoms with E-state index in [-0.39, 0.29) is 29.7 Å². The molecule has 4 aromatic carbocycles. The molecule has 0 fully saturated rings. The molecule has 0 unspecified atom stereocenters. The monoisotopic (exact) mass is 543 g/mol. The molecule has 2 aliphatic rings. The lowest BCUT2D eigenvalue weighted by Crippen LogP contribution is -2.51. The van der Waals surface area contributed by atoms with Gasteiger partial charge in [0.25, 0.3) is 0 Å². The van der Waals surface area contributed by atoms with E-state index in [1.807, 2.05) is 54.6 Å². The van der Waals surface area contributed by atoms with Crippen LogP contribution in [0.3, 0.4) is 0 Å². The lowest BCUT2D eigenvalue weighted by atomic mass is 9.98. The number of amides is 1. The van der Waals surface area contributed by atoms with E-state index in [4.69, 9.17) is 32.7 Å².